The van der Waals surface area contributed by atoms with Crippen molar-refractivity contribution in [2.24, 2.45) is 5.73 Å². The Kier molecular flexibility index (Phi) is 15.3. The molecule has 216 valence electrons. The Bertz CT molecular complexity index is 1230. The van der Waals surface area contributed by atoms with E-state index in [4.69, 9.17) is 34.0 Å². The van der Waals surface area contributed by atoms with Gasteiger partial charge >= 0.3 is 0 Å². The van der Waals surface area contributed by atoms with Gasteiger partial charge in [-0.05, 0) is 35.4 Å². The molecule has 0 aromatic heterocycles. The molecule has 1 amide bonds. The summed E-state index contributed by atoms with van der Waals surface area (Å²) in [5, 5.41) is 40.0. The maximum atomic E-state index is 11.4. The number of sulfone groups is 2. The molecule has 0 fully saturated rings. The van der Waals surface area contributed by atoms with E-state index < -0.39 is 61.3 Å². The van der Waals surface area contributed by atoms with Crippen LogP contribution in [-0.2, 0) is 24.5 Å². The molecule has 0 radical (unpaired) electrons. The zero-order valence-corrected chi connectivity index (χ0v) is 24.3. The highest BCUT2D eigenvalue weighted by atomic mass is 35.5. The molecule has 11 nitrogen and oxygen atoms in total. The number of carbonyl (C=O) groups is 1. The smallest absolute Gasteiger partial charge is 0.253 e. The molecule has 0 aliphatic carbocycles. The number of rotatable bonds is 10. The summed E-state index contributed by atoms with van der Waals surface area (Å²) in [6.07, 6.45) is -0.0630. The molecule has 0 aliphatic rings. The average Bonchev–Trinajstić information content (AvgIpc) is 2.85. The fourth-order valence-electron chi connectivity index (χ4n) is 2.87. The van der Waals surface area contributed by atoms with Gasteiger partial charge in [-0.3, -0.25) is 4.79 Å². The molecule has 0 saturated heterocycles. The van der Waals surface area contributed by atoms with Crippen molar-refractivity contribution in [3.8, 4) is 0 Å². The lowest BCUT2D eigenvalue weighted by Gasteiger charge is -2.23. The third-order valence-electron chi connectivity index (χ3n) is 5.02. The minimum Gasteiger partial charge on any atom is -0.395 e. The summed E-state index contributed by atoms with van der Waals surface area (Å²) in [7, 11) is -6.57. The van der Waals surface area contributed by atoms with Gasteiger partial charge in [0.2, 0.25) is 0 Å². The van der Waals surface area contributed by atoms with Crippen molar-refractivity contribution in [2.75, 3.05) is 25.7 Å². The van der Waals surface area contributed by atoms with Crippen LogP contribution in [0.1, 0.15) is 23.3 Å². The zero-order chi connectivity index (χ0) is 28.6. The van der Waals surface area contributed by atoms with Gasteiger partial charge in [0.25, 0.3) is 5.91 Å². The van der Waals surface area contributed by atoms with Gasteiger partial charge in [0.15, 0.2) is 24.5 Å². The summed E-state index contributed by atoms with van der Waals surface area (Å²) in [6, 6.07) is 9.43. The predicted molar refractivity (Wildman–Crippen MR) is 146 cm³/mol. The molecule has 38 heavy (non-hydrogen) atoms. The average molecular weight is 638 g/mol. The van der Waals surface area contributed by atoms with E-state index in [1.807, 2.05) is 0 Å². The predicted octanol–water partition coefficient (Wildman–Crippen LogP) is 0.269. The minimum absolute atomic E-state index is 0. The van der Waals surface area contributed by atoms with Gasteiger partial charge < -0.3 is 31.5 Å². The van der Waals surface area contributed by atoms with Crippen molar-refractivity contribution in [3.63, 3.8) is 0 Å². The van der Waals surface area contributed by atoms with Crippen molar-refractivity contribution in [2.45, 2.75) is 38.9 Å². The first kappa shape index (κ1) is 36.5. The number of hydrogen-bond acceptors (Lipinski definition) is 10. The SMILES string of the molecule is CS(=O)(=O)c1ccc([C@@H](O)[C@@H](CO)NC(=O)C(Cl)Cl)cc1.CS(=O)(=O)c1ccc([C@@H](O)[C@H](N)CO)cc1.Cl. The van der Waals surface area contributed by atoms with Crippen LogP contribution in [0.3, 0.4) is 0 Å². The van der Waals surface area contributed by atoms with Crippen LogP contribution < -0.4 is 11.1 Å². The van der Waals surface area contributed by atoms with Crippen molar-refractivity contribution < 1.29 is 42.1 Å². The Labute approximate surface area is 237 Å². The second-order valence-electron chi connectivity index (χ2n) is 8.02. The lowest BCUT2D eigenvalue weighted by Crippen LogP contribution is -2.44. The molecule has 0 bridgehead atoms. The summed E-state index contributed by atoms with van der Waals surface area (Å²) in [6.45, 7) is -0.879. The lowest BCUT2D eigenvalue weighted by atomic mass is 10.0. The monoisotopic (exact) mass is 636 g/mol. The van der Waals surface area contributed by atoms with Crippen LogP contribution in [0, 0.1) is 0 Å². The first-order chi connectivity index (χ1) is 17.0. The standard InChI is InChI=1S/C12H15Cl2NO5S.C10H15NO4S.ClH/c1-21(19,20)8-4-2-7(3-5-8)10(17)9(6-16)15-12(18)11(13)14;1-16(14,15)8-4-2-7(3-5-8)10(13)9(11)6-12;/h2-5,9-11,16-17H,6H2,1H3,(H,15,18);2-5,9-10,12-13H,6,11H2,1H3;1H/t2*9-,10-;/m11./s1. The number of aliphatic hydroxyl groups is 4. The molecular formula is C22H31Cl3N2O9S2. The highest BCUT2D eigenvalue weighted by molar-refractivity contribution is 7.91. The summed E-state index contributed by atoms with van der Waals surface area (Å²) in [4.78, 5) is 10.3. The number of nitrogens with one attached hydrogen (secondary N) is 1. The van der Waals surface area contributed by atoms with E-state index in [9.17, 15) is 36.9 Å². The van der Waals surface area contributed by atoms with E-state index in [-0.39, 0.29) is 28.8 Å². The van der Waals surface area contributed by atoms with Crippen LogP contribution in [0.2, 0.25) is 0 Å². The third-order valence-corrected chi connectivity index (χ3v) is 7.67. The summed E-state index contributed by atoms with van der Waals surface area (Å²) >= 11 is 10.7. The number of halogens is 3. The molecule has 7 N–H and O–H groups in total. The van der Waals surface area contributed by atoms with Crippen LogP contribution in [0.4, 0.5) is 0 Å². The van der Waals surface area contributed by atoms with Crippen LogP contribution in [0.15, 0.2) is 58.3 Å². The van der Waals surface area contributed by atoms with Crippen LogP contribution in [0.25, 0.3) is 0 Å². The molecular weight excluding hydrogens is 607 g/mol. The molecule has 2 aromatic carbocycles. The summed E-state index contributed by atoms with van der Waals surface area (Å²) < 4.78 is 45.0. The van der Waals surface area contributed by atoms with Gasteiger partial charge in [0.05, 0.1) is 41.2 Å². The Morgan fingerprint density at radius 3 is 1.47 bits per heavy atom. The maximum absolute atomic E-state index is 11.4. The molecule has 16 heteroatoms. The lowest BCUT2D eigenvalue weighted by molar-refractivity contribution is -0.121. The first-order valence-electron chi connectivity index (χ1n) is 10.5. The Morgan fingerprint density at radius 2 is 1.18 bits per heavy atom. The molecule has 2 rings (SSSR count). The van der Waals surface area contributed by atoms with Crippen LogP contribution >= 0.6 is 35.6 Å². The minimum atomic E-state index is -3.34. The Balaban J connectivity index is 0.000000726. The second kappa shape index (κ2) is 15.9. The van der Waals surface area contributed by atoms with E-state index >= 15 is 0 Å². The largest absolute Gasteiger partial charge is 0.395 e. The number of hydrogen-bond donors (Lipinski definition) is 6. The first-order valence-corrected chi connectivity index (χ1v) is 15.2. The van der Waals surface area contributed by atoms with Crippen molar-refractivity contribution in [3.05, 3.63) is 59.7 Å². The number of alkyl halides is 2. The number of benzene rings is 2. The number of nitrogens with two attached hydrogens (primary N) is 1. The van der Waals surface area contributed by atoms with E-state index in [1.54, 1.807) is 0 Å². The van der Waals surface area contributed by atoms with E-state index in [0.29, 0.717) is 11.1 Å². The fraction of sp³-hybridized carbons (Fsp3) is 0.409. The molecule has 0 heterocycles. The highest BCUT2D eigenvalue weighted by Gasteiger charge is 2.24. The van der Waals surface area contributed by atoms with Gasteiger partial charge in [0.1, 0.15) is 6.10 Å². The highest BCUT2D eigenvalue weighted by Crippen LogP contribution is 2.20. The van der Waals surface area contributed by atoms with Crippen LogP contribution in [-0.4, -0.2) is 85.8 Å². The van der Waals surface area contributed by atoms with Crippen molar-refractivity contribution in [1.82, 2.24) is 5.32 Å². The summed E-state index contributed by atoms with van der Waals surface area (Å²) in [5.41, 5.74) is 6.27. The van der Waals surface area contributed by atoms with Gasteiger partial charge in [-0.15, -0.1) is 12.4 Å². The normalized spacial score (nSPS) is 14.8. The van der Waals surface area contributed by atoms with E-state index in [2.05, 4.69) is 5.32 Å². The quantitative estimate of drug-likeness (QED) is 0.196. The number of carbonyl (C=O) groups excluding carboxylic acids is 1. The van der Waals surface area contributed by atoms with Crippen LogP contribution in [0.5, 0.6) is 0 Å². The number of aliphatic hydroxyl groups excluding tert-OH is 4. The van der Waals surface area contributed by atoms with E-state index in [0.717, 1.165) is 12.5 Å². The molecule has 2 aromatic rings. The molecule has 0 saturated carbocycles. The van der Waals surface area contributed by atoms with E-state index in [1.165, 1.54) is 48.5 Å². The second-order valence-corrected chi connectivity index (χ2v) is 13.1. The Morgan fingerprint density at radius 1 is 0.816 bits per heavy atom. The zero-order valence-electron chi connectivity index (χ0n) is 20.3. The molecule has 4 atom stereocenters. The van der Waals surface area contributed by atoms with Gasteiger partial charge in [0, 0.05) is 12.5 Å². The van der Waals surface area contributed by atoms with Crippen molar-refractivity contribution >= 4 is 61.2 Å². The topological polar surface area (TPSA) is 204 Å². The molecule has 0 unspecified atom stereocenters. The maximum Gasteiger partial charge on any atom is 0.253 e. The number of amides is 1. The Hall–Kier alpha value is -1.52. The van der Waals surface area contributed by atoms with Gasteiger partial charge in [-0.2, -0.15) is 0 Å². The molecule has 0 aliphatic heterocycles. The molecule has 0 spiro atoms. The fourth-order valence-corrected chi connectivity index (χ4v) is 4.26. The van der Waals surface area contributed by atoms with Gasteiger partial charge in [-0.25, -0.2) is 16.8 Å². The third kappa shape index (κ3) is 11.3. The van der Waals surface area contributed by atoms with Crippen molar-refractivity contribution in [1.29, 1.82) is 0 Å². The summed E-state index contributed by atoms with van der Waals surface area (Å²) in [5.74, 6) is -0.746. The van der Waals surface area contributed by atoms with Gasteiger partial charge in [-0.1, -0.05) is 47.5 Å².